The van der Waals surface area contributed by atoms with Crippen LogP contribution in [0.2, 0.25) is 0 Å². The fourth-order valence-corrected chi connectivity index (χ4v) is 3.77. The Labute approximate surface area is 196 Å². The number of aromatic nitrogens is 2. The van der Waals surface area contributed by atoms with Crippen molar-refractivity contribution in [2.24, 2.45) is 0 Å². The Morgan fingerprint density at radius 3 is 2.21 bits per heavy atom. The van der Waals surface area contributed by atoms with E-state index < -0.39 is 5.97 Å². The molecular formula is C26H24N2O6. The van der Waals surface area contributed by atoms with Crippen molar-refractivity contribution in [2.45, 2.75) is 6.92 Å². The SMILES string of the molecule is COCCOc1cc(-n2c(-c3ccccc3O)nc(-c3ccccc3O)c2C)ccc1C(=O)O. The molecule has 0 atom stereocenters. The minimum Gasteiger partial charge on any atom is -0.507 e. The van der Waals surface area contributed by atoms with E-state index in [2.05, 4.69) is 0 Å². The van der Waals surface area contributed by atoms with Gasteiger partial charge >= 0.3 is 5.97 Å². The molecule has 4 aromatic rings. The molecule has 8 nitrogen and oxygen atoms in total. The zero-order chi connectivity index (χ0) is 24.2. The lowest BCUT2D eigenvalue weighted by Crippen LogP contribution is -2.09. The van der Waals surface area contributed by atoms with Gasteiger partial charge in [0.25, 0.3) is 0 Å². The highest BCUT2D eigenvalue weighted by Crippen LogP contribution is 2.38. The van der Waals surface area contributed by atoms with Crippen LogP contribution in [-0.2, 0) is 4.74 Å². The third-order valence-corrected chi connectivity index (χ3v) is 5.41. The van der Waals surface area contributed by atoms with Crippen LogP contribution < -0.4 is 4.74 Å². The summed E-state index contributed by atoms with van der Waals surface area (Å²) in [6, 6.07) is 18.4. The zero-order valence-corrected chi connectivity index (χ0v) is 18.7. The summed E-state index contributed by atoms with van der Waals surface area (Å²) in [5.41, 5.74) is 2.83. The molecule has 0 bridgehead atoms. The average molecular weight is 460 g/mol. The summed E-state index contributed by atoms with van der Waals surface area (Å²) in [6.07, 6.45) is 0. The molecule has 0 aliphatic carbocycles. The van der Waals surface area contributed by atoms with Gasteiger partial charge in [0, 0.05) is 24.4 Å². The predicted octanol–water partition coefficient (Wildman–Crippen LogP) is 4.65. The molecule has 174 valence electrons. The van der Waals surface area contributed by atoms with Crippen molar-refractivity contribution in [2.75, 3.05) is 20.3 Å². The third-order valence-electron chi connectivity index (χ3n) is 5.41. The van der Waals surface area contributed by atoms with Gasteiger partial charge in [-0.25, -0.2) is 9.78 Å². The van der Waals surface area contributed by atoms with Crippen LogP contribution in [0.3, 0.4) is 0 Å². The fourth-order valence-electron chi connectivity index (χ4n) is 3.77. The molecule has 0 amide bonds. The highest BCUT2D eigenvalue weighted by molar-refractivity contribution is 5.91. The summed E-state index contributed by atoms with van der Waals surface area (Å²) in [5.74, 6) is -0.389. The number of carbonyl (C=O) groups is 1. The van der Waals surface area contributed by atoms with Crippen LogP contribution in [0.15, 0.2) is 66.7 Å². The molecule has 3 N–H and O–H groups in total. The normalized spacial score (nSPS) is 10.9. The van der Waals surface area contributed by atoms with E-state index in [0.29, 0.717) is 40.6 Å². The first-order chi connectivity index (χ1) is 16.4. The zero-order valence-electron chi connectivity index (χ0n) is 18.7. The quantitative estimate of drug-likeness (QED) is 0.328. The minimum atomic E-state index is -1.11. The number of aromatic hydroxyl groups is 2. The van der Waals surface area contributed by atoms with Crippen LogP contribution in [-0.4, -0.2) is 51.2 Å². The molecule has 0 aliphatic heterocycles. The Bertz CT molecular complexity index is 1350. The van der Waals surface area contributed by atoms with Crippen LogP contribution >= 0.6 is 0 Å². The van der Waals surface area contributed by atoms with E-state index in [-0.39, 0.29) is 29.4 Å². The van der Waals surface area contributed by atoms with Gasteiger partial charge in [0.05, 0.1) is 23.6 Å². The predicted molar refractivity (Wildman–Crippen MR) is 127 cm³/mol. The lowest BCUT2D eigenvalue weighted by molar-refractivity contribution is 0.0689. The molecule has 8 heteroatoms. The molecule has 0 aliphatic rings. The second-order valence-electron chi connectivity index (χ2n) is 7.57. The molecule has 4 rings (SSSR count). The number of hydrogen-bond donors (Lipinski definition) is 3. The summed E-state index contributed by atoms with van der Waals surface area (Å²) >= 11 is 0. The summed E-state index contributed by atoms with van der Waals surface area (Å²) < 4.78 is 12.5. The number of imidazole rings is 1. The monoisotopic (exact) mass is 460 g/mol. The van der Waals surface area contributed by atoms with Gasteiger partial charge < -0.3 is 24.8 Å². The van der Waals surface area contributed by atoms with Crippen molar-refractivity contribution in [3.05, 3.63) is 78.0 Å². The lowest BCUT2D eigenvalue weighted by atomic mass is 10.1. The second-order valence-corrected chi connectivity index (χ2v) is 7.57. The average Bonchev–Trinajstić information content (AvgIpc) is 3.16. The topological polar surface area (TPSA) is 114 Å². The van der Waals surface area contributed by atoms with Gasteiger partial charge in [0.2, 0.25) is 0 Å². The number of benzene rings is 3. The molecule has 0 saturated heterocycles. The molecule has 0 fully saturated rings. The molecular weight excluding hydrogens is 436 g/mol. The number of phenolic OH excluding ortho intramolecular Hbond substituents is 2. The lowest BCUT2D eigenvalue weighted by Gasteiger charge is -2.15. The second kappa shape index (κ2) is 9.68. The number of hydrogen-bond acceptors (Lipinski definition) is 6. The highest BCUT2D eigenvalue weighted by atomic mass is 16.5. The van der Waals surface area contributed by atoms with E-state index >= 15 is 0 Å². The number of carboxylic acids is 1. The number of methoxy groups -OCH3 is 1. The van der Waals surface area contributed by atoms with E-state index in [0.717, 1.165) is 0 Å². The molecule has 0 radical (unpaired) electrons. The number of nitrogens with zero attached hydrogens (tertiary/aromatic N) is 2. The van der Waals surface area contributed by atoms with Crippen LogP contribution in [0.4, 0.5) is 0 Å². The summed E-state index contributed by atoms with van der Waals surface area (Å²) in [7, 11) is 1.53. The van der Waals surface area contributed by atoms with Crippen molar-refractivity contribution in [3.63, 3.8) is 0 Å². The Morgan fingerprint density at radius 2 is 1.59 bits per heavy atom. The van der Waals surface area contributed by atoms with Crippen LogP contribution in [0.1, 0.15) is 16.1 Å². The molecule has 0 saturated carbocycles. The highest BCUT2D eigenvalue weighted by Gasteiger charge is 2.23. The first-order valence-corrected chi connectivity index (χ1v) is 10.6. The van der Waals surface area contributed by atoms with Gasteiger partial charge in [-0.15, -0.1) is 0 Å². The molecule has 0 spiro atoms. The van der Waals surface area contributed by atoms with Crippen molar-refractivity contribution < 1.29 is 29.6 Å². The maximum Gasteiger partial charge on any atom is 0.339 e. The summed E-state index contributed by atoms with van der Waals surface area (Å²) in [5, 5.41) is 30.6. The van der Waals surface area contributed by atoms with Crippen molar-refractivity contribution in [1.82, 2.24) is 9.55 Å². The number of aromatic carboxylic acids is 1. The van der Waals surface area contributed by atoms with Gasteiger partial charge in [-0.05, 0) is 43.3 Å². The Balaban J connectivity index is 1.95. The largest absolute Gasteiger partial charge is 0.507 e. The van der Waals surface area contributed by atoms with Gasteiger partial charge in [0.15, 0.2) is 0 Å². The van der Waals surface area contributed by atoms with Crippen molar-refractivity contribution >= 4 is 5.97 Å². The number of para-hydroxylation sites is 2. The van der Waals surface area contributed by atoms with E-state index in [1.54, 1.807) is 65.2 Å². The van der Waals surface area contributed by atoms with E-state index in [1.165, 1.54) is 13.2 Å². The maximum absolute atomic E-state index is 11.7. The summed E-state index contributed by atoms with van der Waals surface area (Å²) in [6.45, 7) is 2.32. The number of phenols is 2. The molecule has 1 heterocycles. The van der Waals surface area contributed by atoms with Crippen LogP contribution in [0, 0.1) is 6.92 Å². The number of carboxylic acid groups (broad SMARTS) is 1. The van der Waals surface area contributed by atoms with E-state index in [1.807, 2.05) is 6.92 Å². The fraction of sp³-hybridized carbons (Fsp3) is 0.154. The smallest absolute Gasteiger partial charge is 0.339 e. The first-order valence-electron chi connectivity index (χ1n) is 10.6. The number of ether oxygens (including phenoxy) is 2. The maximum atomic E-state index is 11.7. The number of rotatable bonds is 8. The van der Waals surface area contributed by atoms with E-state index in [4.69, 9.17) is 14.5 Å². The molecule has 1 aromatic heterocycles. The van der Waals surface area contributed by atoms with Gasteiger partial charge in [-0.2, -0.15) is 0 Å². The summed E-state index contributed by atoms with van der Waals surface area (Å²) in [4.78, 5) is 16.5. The third kappa shape index (κ3) is 4.31. The Morgan fingerprint density at radius 1 is 0.941 bits per heavy atom. The minimum absolute atomic E-state index is 0.0163. The van der Waals surface area contributed by atoms with Gasteiger partial charge in [0.1, 0.15) is 35.2 Å². The standard InChI is InChI=1S/C26H24N2O6/c1-16-24(18-7-3-5-9-21(18)29)27-25(19-8-4-6-10-22(19)30)28(16)17-11-12-20(26(31)32)23(15-17)34-14-13-33-2/h3-12,15,29-30H,13-14H2,1-2H3,(H,31,32). The molecule has 0 unspecified atom stereocenters. The molecule has 34 heavy (non-hydrogen) atoms. The molecule has 3 aromatic carbocycles. The van der Waals surface area contributed by atoms with Crippen molar-refractivity contribution in [1.29, 1.82) is 0 Å². The Hall–Kier alpha value is -4.30. The Kier molecular flexibility index (Phi) is 6.51. The van der Waals surface area contributed by atoms with Crippen LogP contribution in [0.5, 0.6) is 17.2 Å². The first kappa shape index (κ1) is 22.9. The van der Waals surface area contributed by atoms with Crippen molar-refractivity contribution in [3.8, 4) is 45.6 Å². The van der Waals surface area contributed by atoms with Gasteiger partial charge in [-0.3, -0.25) is 4.57 Å². The van der Waals surface area contributed by atoms with E-state index in [9.17, 15) is 20.1 Å². The van der Waals surface area contributed by atoms with Crippen LogP contribution in [0.25, 0.3) is 28.3 Å². The van der Waals surface area contributed by atoms with Gasteiger partial charge in [-0.1, -0.05) is 24.3 Å².